The molecule has 1 aromatic carbocycles. The monoisotopic (exact) mass is 285 g/mol. The van der Waals surface area contributed by atoms with Crippen LogP contribution in [0.25, 0.3) is 0 Å². The zero-order valence-corrected chi connectivity index (χ0v) is 13.3. The molecule has 114 valence electrons. The lowest BCUT2D eigenvalue weighted by Gasteiger charge is -2.32. The van der Waals surface area contributed by atoms with Gasteiger partial charge in [-0.3, -0.25) is 5.32 Å². The third-order valence-corrected chi connectivity index (χ3v) is 4.76. The second-order valence-corrected chi connectivity index (χ2v) is 5.91. The highest BCUT2D eigenvalue weighted by molar-refractivity contribution is 5.45. The molecule has 1 aromatic rings. The van der Waals surface area contributed by atoms with Crippen molar-refractivity contribution in [1.29, 1.82) is 5.26 Å². The van der Waals surface area contributed by atoms with Crippen LogP contribution in [-0.2, 0) is 0 Å². The quantitative estimate of drug-likeness (QED) is 0.832. The average Bonchev–Trinajstić information content (AvgIpc) is 2.93. The summed E-state index contributed by atoms with van der Waals surface area (Å²) >= 11 is 0. The smallest absolute Gasteiger partial charge is 0.109 e. The van der Waals surface area contributed by atoms with Gasteiger partial charge in [-0.15, -0.1) is 0 Å². The Morgan fingerprint density at radius 2 is 2.10 bits per heavy atom. The predicted octanol–water partition coefficient (Wildman–Crippen LogP) is 3.57. The molecule has 0 aromatic heterocycles. The molecule has 3 nitrogen and oxygen atoms in total. The lowest BCUT2D eigenvalue weighted by atomic mass is 9.85. The maximum absolute atomic E-state index is 9.63. The number of hydrogen-bond acceptors (Lipinski definition) is 3. The molecule has 1 aliphatic carbocycles. The van der Waals surface area contributed by atoms with Gasteiger partial charge in [0.25, 0.3) is 0 Å². The van der Waals surface area contributed by atoms with Crippen molar-refractivity contribution in [3.63, 3.8) is 0 Å². The highest BCUT2D eigenvalue weighted by Gasteiger charge is 2.42. The van der Waals surface area contributed by atoms with Crippen LogP contribution in [0, 0.1) is 17.2 Å². The van der Waals surface area contributed by atoms with Gasteiger partial charge in [0.1, 0.15) is 5.54 Å². The highest BCUT2D eigenvalue weighted by Crippen LogP contribution is 2.37. The van der Waals surface area contributed by atoms with E-state index in [4.69, 9.17) is 0 Å². The number of nitrogens with one attached hydrogen (secondary N) is 1. The van der Waals surface area contributed by atoms with Crippen molar-refractivity contribution >= 4 is 5.69 Å². The van der Waals surface area contributed by atoms with Crippen LogP contribution in [0.15, 0.2) is 30.3 Å². The number of benzene rings is 1. The van der Waals surface area contributed by atoms with E-state index in [1.807, 2.05) is 0 Å². The number of para-hydroxylation sites is 1. The Morgan fingerprint density at radius 3 is 2.71 bits per heavy atom. The van der Waals surface area contributed by atoms with Crippen LogP contribution in [0.4, 0.5) is 5.69 Å². The van der Waals surface area contributed by atoms with E-state index >= 15 is 0 Å². The lowest BCUT2D eigenvalue weighted by Crippen LogP contribution is -2.47. The van der Waals surface area contributed by atoms with Crippen LogP contribution in [0.5, 0.6) is 0 Å². The first-order valence-electron chi connectivity index (χ1n) is 8.22. The van der Waals surface area contributed by atoms with Crippen molar-refractivity contribution in [3.8, 4) is 6.07 Å². The SMILES string of the molecule is CCNC1(C#N)CCCC1CCN(CC)c1ccccc1. The van der Waals surface area contributed by atoms with Gasteiger partial charge in [0.15, 0.2) is 0 Å². The molecule has 21 heavy (non-hydrogen) atoms. The van der Waals surface area contributed by atoms with Crippen LogP contribution in [0.3, 0.4) is 0 Å². The molecule has 0 aliphatic heterocycles. The zero-order chi connectivity index (χ0) is 15.1. The summed E-state index contributed by atoms with van der Waals surface area (Å²) in [6.45, 7) is 7.21. The molecule has 0 saturated heterocycles. The fourth-order valence-electron chi connectivity index (χ4n) is 3.62. The molecule has 0 radical (unpaired) electrons. The first-order valence-corrected chi connectivity index (χ1v) is 8.22. The highest BCUT2D eigenvalue weighted by atomic mass is 15.1. The molecule has 0 heterocycles. The molecule has 0 bridgehead atoms. The topological polar surface area (TPSA) is 39.1 Å². The van der Waals surface area contributed by atoms with E-state index in [0.29, 0.717) is 5.92 Å². The van der Waals surface area contributed by atoms with Crippen molar-refractivity contribution in [3.05, 3.63) is 30.3 Å². The fraction of sp³-hybridized carbons (Fsp3) is 0.611. The molecule has 2 atom stereocenters. The Morgan fingerprint density at radius 1 is 1.33 bits per heavy atom. The number of anilines is 1. The second-order valence-electron chi connectivity index (χ2n) is 5.91. The van der Waals surface area contributed by atoms with Crippen molar-refractivity contribution in [2.45, 2.75) is 45.1 Å². The molecule has 1 aliphatic rings. The van der Waals surface area contributed by atoms with Crippen LogP contribution >= 0.6 is 0 Å². The summed E-state index contributed by atoms with van der Waals surface area (Å²) in [5.41, 5.74) is 0.995. The van der Waals surface area contributed by atoms with E-state index in [0.717, 1.165) is 32.5 Å². The molecule has 2 rings (SSSR count). The lowest BCUT2D eigenvalue weighted by molar-refractivity contribution is 0.308. The standard InChI is InChI=1S/C18H27N3/c1-3-20-18(15-19)13-8-9-16(18)12-14-21(4-2)17-10-6-5-7-11-17/h5-7,10-11,16,20H,3-4,8-9,12-14H2,1-2H3. The summed E-state index contributed by atoms with van der Waals surface area (Å²) in [5.74, 6) is 0.472. The van der Waals surface area contributed by atoms with E-state index in [2.05, 4.69) is 60.5 Å². The molecule has 1 saturated carbocycles. The Balaban J connectivity index is 1.99. The number of nitrogens with zero attached hydrogens (tertiary/aromatic N) is 2. The van der Waals surface area contributed by atoms with Gasteiger partial charge in [-0.25, -0.2) is 0 Å². The molecular formula is C18H27N3. The minimum absolute atomic E-state index is 0.287. The minimum atomic E-state index is -0.287. The molecule has 1 fully saturated rings. The fourth-order valence-corrected chi connectivity index (χ4v) is 3.62. The van der Waals surface area contributed by atoms with E-state index in [-0.39, 0.29) is 5.54 Å². The van der Waals surface area contributed by atoms with Gasteiger partial charge in [0.05, 0.1) is 6.07 Å². The first-order chi connectivity index (χ1) is 10.3. The van der Waals surface area contributed by atoms with Gasteiger partial charge in [-0.05, 0) is 50.8 Å². The van der Waals surface area contributed by atoms with E-state index in [9.17, 15) is 5.26 Å². The van der Waals surface area contributed by atoms with E-state index in [1.165, 1.54) is 18.5 Å². The van der Waals surface area contributed by atoms with Crippen LogP contribution < -0.4 is 10.2 Å². The maximum Gasteiger partial charge on any atom is 0.109 e. The third kappa shape index (κ3) is 3.57. The zero-order valence-electron chi connectivity index (χ0n) is 13.3. The number of rotatable bonds is 7. The van der Waals surface area contributed by atoms with Crippen molar-refractivity contribution < 1.29 is 0 Å². The summed E-state index contributed by atoms with van der Waals surface area (Å²) in [6, 6.07) is 13.1. The first kappa shape index (κ1) is 15.9. The Kier molecular flexibility index (Phi) is 5.64. The normalized spacial score (nSPS) is 24.7. The summed E-state index contributed by atoms with van der Waals surface area (Å²) in [7, 11) is 0. The van der Waals surface area contributed by atoms with Gasteiger partial charge in [0.2, 0.25) is 0 Å². The van der Waals surface area contributed by atoms with Crippen molar-refractivity contribution in [1.82, 2.24) is 5.32 Å². The predicted molar refractivity (Wildman–Crippen MR) is 88.3 cm³/mol. The minimum Gasteiger partial charge on any atom is -0.372 e. The van der Waals surface area contributed by atoms with Crippen LogP contribution in [0.1, 0.15) is 39.5 Å². The third-order valence-electron chi connectivity index (χ3n) is 4.76. The van der Waals surface area contributed by atoms with Gasteiger partial charge in [-0.2, -0.15) is 5.26 Å². The van der Waals surface area contributed by atoms with Gasteiger partial charge in [-0.1, -0.05) is 31.5 Å². The molecule has 0 spiro atoms. The summed E-state index contributed by atoms with van der Waals surface area (Å²) in [5, 5.41) is 13.1. The molecule has 3 heteroatoms. The van der Waals surface area contributed by atoms with Crippen LogP contribution in [0.2, 0.25) is 0 Å². The maximum atomic E-state index is 9.63. The average molecular weight is 285 g/mol. The number of hydrogen-bond donors (Lipinski definition) is 1. The van der Waals surface area contributed by atoms with Gasteiger partial charge in [0, 0.05) is 18.8 Å². The Bertz CT molecular complexity index is 465. The number of nitriles is 1. The molecule has 2 unspecified atom stereocenters. The summed E-state index contributed by atoms with van der Waals surface area (Å²) < 4.78 is 0. The van der Waals surface area contributed by atoms with Crippen molar-refractivity contribution in [2.75, 3.05) is 24.5 Å². The van der Waals surface area contributed by atoms with Crippen LogP contribution in [-0.4, -0.2) is 25.2 Å². The molecule has 0 amide bonds. The van der Waals surface area contributed by atoms with Crippen molar-refractivity contribution in [2.24, 2.45) is 5.92 Å². The van der Waals surface area contributed by atoms with E-state index in [1.54, 1.807) is 0 Å². The van der Waals surface area contributed by atoms with Gasteiger partial charge >= 0.3 is 0 Å². The van der Waals surface area contributed by atoms with Gasteiger partial charge < -0.3 is 4.90 Å². The second kappa shape index (κ2) is 7.47. The summed E-state index contributed by atoms with van der Waals surface area (Å²) in [6.07, 6.45) is 4.43. The van der Waals surface area contributed by atoms with E-state index < -0.39 is 0 Å². The Hall–Kier alpha value is -1.53. The largest absolute Gasteiger partial charge is 0.372 e. The Labute approximate surface area is 129 Å². The molecular weight excluding hydrogens is 258 g/mol. The molecule has 1 N–H and O–H groups in total. The summed E-state index contributed by atoms with van der Waals surface area (Å²) in [4.78, 5) is 2.41.